The first kappa shape index (κ1) is 15.8. The number of nitrogens with one attached hydrogen (secondary N) is 1. The monoisotopic (exact) mass is 322 g/mol. The quantitative estimate of drug-likeness (QED) is 0.874. The first-order valence-electron chi connectivity index (χ1n) is 6.10. The number of alkyl halides is 3. The molecule has 1 aliphatic heterocycles. The minimum Gasteiger partial charge on any atom is -0.391 e. The molecule has 1 aromatic rings. The highest BCUT2D eigenvalue weighted by molar-refractivity contribution is 7.86. The standard InChI is InChI=1S/C12H13F3N2O3S/c13-12(14,15)21(20)10-3-1-8(2-4-10)16-11(19)17-6-5-9(18)7-17/h1-4,9,18H,5-7H2,(H,16,19)/t9-,21?/m1/s1. The molecule has 21 heavy (non-hydrogen) atoms. The van der Waals surface area contributed by atoms with Gasteiger partial charge >= 0.3 is 11.5 Å². The number of hydrogen-bond donors (Lipinski definition) is 2. The largest absolute Gasteiger partial charge is 0.475 e. The van der Waals surface area contributed by atoms with E-state index in [2.05, 4.69) is 5.32 Å². The van der Waals surface area contributed by atoms with Gasteiger partial charge in [-0.05, 0) is 30.7 Å². The van der Waals surface area contributed by atoms with E-state index in [1.807, 2.05) is 0 Å². The summed E-state index contributed by atoms with van der Waals surface area (Å²) in [5.41, 5.74) is -4.51. The molecule has 0 bridgehead atoms. The summed E-state index contributed by atoms with van der Waals surface area (Å²) in [6.45, 7) is 0.644. The molecule has 1 aromatic carbocycles. The van der Waals surface area contributed by atoms with Gasteiger partial charge in [0.25, 0.3) is 0 Å². The molecule has 2 N–H and O–H groups in total. The van der Waals surface area contributed by atoms with Crippen molar-refractivity contribution in [3.05, 3.63) is 24.3 Å². The maximum atomic E-state index is 12.3. The SMILES string of the molecule is O=C(Nc1ccc(S(=O)C(F)(F)F)cc1)N1CC[C@@H](O)C1. The van der Waals surface area contributed by atoms with E-state index in [9.17, 15) is 27.3 Å². The fraction of sp³-hybridized carbons (Fsp3) is 0.417. The second kappa shape index (κ2) is 6.02. The Labute approximate surface area is 121 Å². The van der Waals surface area contributed by atoms with Crippen molar-refractivity contribution in [2.24, 2.45) is 0 Å². The molecule has 0 radical (unpaired) electrons. The van der Waals surface area contributed by atoms with Crippen LogP contribution in [0.15, 0.2) is 29.2 Å². The molecule has 1 aliphatic rings. The molecule has 5 nitrogen and oxygen atoms in total. The van der Waals surface area contributed by atoms with Crippen LogP contribution in [-0.4, -0.2) is 44.9 Å². The molecule has 116 valence electrons. The van der Waals surface area contributed by atoms with Gasteiger partial charge in [0.1, 0.15) is 0 Å². The first-order valence-corrected chi connectivity index (χ1v) is 7.25. The Balaban J connectivity index is 2.00. The number of urea groups is 1. The zero-order valence-electron chi connectivity index (χ0n) is 10.8. The van der Waals surface area contributed by atoms with E-state index in [1.54, 1.807) is 0 Å². The fourth-order valence-electron chi connectivity index (χ4n) is 1.92. The molecule has 0 aromatic heterocycles. The van der Waals surface area contributed by atoms with Gasteiger partial charge in [0.15, 0.2) is 10.8 Å². The van der Waals surface area contributed by atoms with Crippen LogP contribution in [0.25, 0.3) is 0 Å². The van der Waals surface area contributed by atoms with Gasteiger partial charge in [0.05, 0.1) is 6.10 Å². The van der Waals surface area contributed by atoms with Crippen LogP contribution in [0.3, 0.4) is 0 Å². The lowest BCUT2D eigenvalue weighted by atomic mass is 10.3. The lowest BCUT2D eigenvalue weighted by molar-refractivity contribution is -0.0384. The summed E-state index contributed by atoms with van der Waals surface area (Å²) < 4.78 is 48.0. The van der Waals surface area contributed by atoms with Gasteiger partial charge in [-0.25, -0.2) is 9.00 Å². The maximum absolute atomic E-state index is 12.3. The molecule has 2 atom stereocenters. The third kappa shape index (κ3) is 3.94. The fourth-order valence-corrected chi connectivity index (χ4v) is 2.57. The molecule has 2 amide bonds. The van der Waals surface area contributed by atoms with E-state index in [4.69, 9.17) is 0 Å². The molecular formula is C12H13F3N2O3S. The van der Waals surface area contributed by atoms with Crippen LogP contribution >= 0.6 is 0 Å². The van der Waals surface area contributed by atoms with Gasteiger partial charge in [0.2, 0.25) is 0 Å². The van der Waals surface area contributed by atoms with E-state index >= 15 is 0 Å². The highest BCUT2D eigenvalue weighted by Gasteiger charge is 2.37. The average Bonchev–Trinajstić information content (AvgIpc) is 2.84. The van der Waals surface area contributed by atoms with Crippen LogP contribution in [0.4, 0.5) is 23.7 Å². The van der Waals surface area contributed by atoms with Crippen molar-refractivity contribution in [1.82, 2.24) is 4.90 Å². The van der Waals surface area contributed by atoms with Gasteiger partial charge in [-0.15, -0.1) is 0 Å². The Morgan fingerprint density at radius 3 is 2.43 bits per heavy atom. The number of hydrogen-bond acceptors (Lipinski definition) is 3. The molecule has 0 spiro atoms. The van der Waals surface area contributed by atoms with Crippen LogP contribution in [0.1, 0.15) is 6.42 Å². The lowest BCUT2D eigenvalue weighted by Gasteiger charge is -2.16. The van der Waals surface area contributed by atoms with Crippen molar-refractivity contribution >= 4 is 22.5 Å². The van der Waals surface area contributed by atoms with Crippen LogP contribution in [-0.2, 0) is 10.8 Å². The Hall–Kier alpha value is -1.61. The number of carbonyl (C=O) groups excluding carboxylic acids is 1. The topological polar surface area (TPSA) is 69.6 Å². The summed E-state index contributed by atoms with van der Waals surface area (Å²) in [4.78, 5) is 12.8. The van der Waals surface area contributed by atoms with E-state index in [0.29, 0.717) is 18.7 Å². The Morgan fingerprint density at radius 1 is 1.33 bits per heavy atom. The molecule has 2 rings (SSSR count). The summed E-state index contributed by atoms with van der Waals surface area (Å²) in [6, 6.07) is 4.18. The predicted molar refractivity (Wildman–Crippen MR) is 70.1 cm³/mol. The number of amides is 2. The number of anilines is 1. The van der Waals surface area contributed by atoms with Crippen molar-refractivity contribution in [3.63, 3.8) is 0 Å². The molecule has 1 fully saturated rings. The van der Waals surface area contributed by atoms with Gasteiger partial charge in [-0.2, -0.15) is 13.2 Å². The van der Waals surface area contributed by atoms with Gasteiger partial charge in [-0.3, -0.25) is 0 Å². The van der Waals surface area contributed by atoms with Crippen molar-refractivity contribution in [3.8, 4) is 0 Å². The van der Waals surface area contributed by atoms with Gasteiger partial charge < -0.3 is 15.3 Å². The number of rotatable bonds is 2. The molecule has 1 heterocycles. The number of halogens is 3. The zero-order valence-corrected chi connectivity index (χ0v) is 11.6. The Kier molecular flexibility index (Phi) is 4.52. The van der Waals surface area contributed by atoms with E-state index in [-0.39, 0.29) is 11.4 Å². The highest BCUT2D eigenvalue weighted by Crippen LogP contribution is 2.27. The average molecular weight is 322 g/mol. The van der Waals surface area contributed by atoms with E-state index < -0.39 is 28.4 Å². The number of aliphatic hydroxyl groups excluding tert-OH is 1. The Bertz CT molecular complexity index is 548. The smallest absolute Gasteiger partial charge is 0.391 e. The lowest BCUT2D eigenvalue weighted by Crippen LogP contribution is -2.33. The predicted octanol–water partition coefficient (Wildman–Crippen LogP) is 1.91. The Morgan fingerprint density at radius 2 is 1.95 bits per heavy atom. The first-order chi connectivity index (χ1) is 9.77. The third-order valence-corrected chi connectivity index (χ3v) is 4.10. The molecular weight excluding hydrogens is 309 g/mol. The summed E-state index contributed by atoms with van der Waals surface area (Å²) in [6.07, 6.45) is -0.0518. The summed E-state index contributed by atoms with van der Waals surface area (Å²) in [7, 11) is -3.08. The summed E-state index contributed by atoms with van der Waals surface area (Å²) in [5, 5.41) is 11.8. The van der Waals surface area contributed by atoms with Crippen molar-refractivity contribution in [1.29, 1.82) is 0 Å². The number of carbonyl (C=O) groups is 1. The zero-order chi connectivity index (χ0) is 15.6. The van der Waals surface area contributed by atoms with Gasteiger partial charge in [-0.1, -0.05) is 0 Å². The van der Waals surface area contributed by atoms with Crippen molar-refractivity contribution in [2.45, 2.75) is 22.9 Å². The second-order valence-electron chi connectivity index (χ2n) is 4.56. The number of likely N-dealkylation sites (tertiary alicyclic amines) is 1. The van der Waals surface area contributed by atoms with Crippen LogP contribution in [0, 0.1) is 0 Å². The molecule has 1 unspecified atom stereocenters. The maximum Gasteiger partial charge on any atom is 0.475 e. The minimum absolute atomic E-state index is 0.224. The normalized spacial score (nSPS) is 20.4. The summed E-state index contributed by atoms with van der Waals surface area (Å²) in [5.74, 6) is 0. The third-order valence-electron chi connectivity index (χ3n) is 2.98. The van der Waals surface area contributed by atoms with E-state index in [0.717, 1.165) is 12.1 Å². The minimum atomic E-state index is -4.81. The molecule has 9 heteroatoms. The van der Waals surface area contributed by atoms with Crippen LogP contribution in [0.2, 0.25) is 0 Å². The van der Waals surface area contributed by atoms with Gasteiger partial charge in [0, 0.05) is 23.7 Å². The van der Waals surface area contributed by atoms with Crippen molar-refractivity contribution in [2.75, 3.05) is 18.4 Å². The van der Waals surface area contributed by atoms with E-state index in [1.165, 1.54) is 17.0 Å². The number of benzene rings is 1. The van der Waals surface area contributed by atoms with Crippen LogP contribution < -0.4 is 5.32 Å². The number of nitrogens with zero attached hydrogens (tertiary/aromatic N) is 1. The summed E-state index contributed by atoms with van der Waals surface area (Å²) >= 11 is 0. The highest BCUT2D eigenvalue weighted by atomic mass is 32.2. The van der Waals surface area contributed by atoms with Crippen LogP contribution in [0.5, 0.6) is 0 Å². The molecule has 1 saturated heterocycles. The molecule has 0 aliphatic carbocycles. The molecule has 0 saturated carbocycles. The number of aliphatic hydroxyl groups is 1. The van der Waals surface area contributed by atoms with Crippen molar-refractivity contribution < 1.29 is 27.3 Å². The number of β-amino-alcohol motifs (C(OH)–C–C–N with tert-alkyl or cyclic N) is 1. The second-order valence-corrected chi connectivity index (χ2v) is 6.03.